The van der Waals surface area contributed by atoms with Crippen LogP contribution in [0, 0.1) is 11.6 Å². The first-order chi connectivity index (χ1) is 16.4. The Bertz CT molecular complexity index is 1740. The van der Waals surface area contributed by atoms with Gasteiger partial charge in [0.15, 0.2) is 11.6 Å². The normalized spacial score (nSPS) is 12.1. The van der Waals surface area contributed by atoms with E-state index in [0.29, 0.717) is 5.56 Å². The van der Waals surface area contributed by atoms with Crippen LogP contribution in [0.4, 0.5) is 14.5 Å². The molecular weight excluding hydrogens is 502 g/mol. The highest BCUT2D eigenvalue weighted by atomic mass is 32.2. The molecule has 2 heterocycles. The van der Waals surface area contributed by atoms with Crippen LogP contribution >= 0.6 is 0 Å². The quantitative estimate of drug-likeness (QED) is 0.387. The number of pyridine rings is 1. The van der Waals surface area contributed by atoms with Gasteiger partial charge in [-0.1, -0.05) is 30.3 Å². The number of hydrogen-bond acceptors (Lipinski definition) is 7. The van der Waals surface area contributed by atoms with Crippen molar-refractivity contribution in [2.45, 2.75) is 10.9 Å². The fraction of sp³-hybridized carbons (Fsp3) is 0.136. The Hall–Kier alpha value is -3.71. The van der Waals surface area contributed by atoms with Crippen LogP contribution in [0.25, 0.3) is 22.2 Å². The molecule has 0 aliphatic rings. The Balaban J connectivity index is 1.75. The molecule has 0 radical (unpaired) electrons. The summed E-state index contributed by atoms with van der Waals surface area (Å²) in [5.41, 5.74) is -1.60. The summed E-state index contributed by atoms with van der Waals surface area (Å²) in [6.07, 6.45) is 2.07. The largest absolute Gasteiger partial charge is 0.295 e. The van der Waals surface area contributed by atoms with Crippen LogP contribution in [0.2, 0.25) is 0 Å². The van der Waals surface area contributed by atoms with E-state index in [0.717, 1.165) is 29.2 Å². The maximum absolute atomic E-state index is 15.0. The van der Waals surface area contributed by atoms with Crippen molar-refractivity contribution in [2.24, 2.45) is 7.05 Å². The second-order valence-corrected chi connectivity index (χ2v) is 11.4. The van der Waals surface area contributed by atoms with Crippen molar-refractivity contribution in [3.63, 3.8) is 0 Å². The molecule has 0 aliphatic heterocycles. The van der Waals surface area contributed by atoms with E-state index in [-0.39, 0.29) is 16.6 Å². The average molecular weight is 521 g/mol. The molecule has 182 valence electrons. The summed E-state index contributed by atoms with van der Waals surface area (Å²) >= 11 is 0. The molecule has 4 aromatic rings. The Kier molecular flexibility index (Phi) is 6.15. The van der Waals surface area contributed by atoms with Crippen molar-refractivity contribution in [2.75, 3.05) is 11.0 Å². The molecule has 0 amide bonds. The predicted molar refractivity (Wildman–Crippen MR) is 126 cm³/mol. The Morgan fingerprint density at radius 2 is 1.66 bits per heavy atom. The number of nitrogens with zero attached hydrogens (tertiary/aromatic N) is 3. The van der Waals surface area contributed by atoms with Crippen LogP contribution in [0.1, 0.15) is 5.56 Å². The summed E-state index contributed by atoms with van der Waals surface area (Å²) in [7, 11) is -6.49. The summed E-state index contributed by atoms with van der Waals surface area (Å²) in [6, 6.07) is 11.5. The minimum absolute atomic E-state index is 0.0136. The number of nitrogens with one attached hydrogen (secondary N) is 1. The molecule has 0 fully saturated rings. The molecule has 0 saturated heterocycles. The summed E-state index contributed by atoms with van der Waals surface area (Å²) in [5.74, 6) is -3.36. The minimum atomic E-state index is -4.05. The second kappa shape index (κ2) is 8.82. The van der Waals surface area contributed by atoms with Crippen molar-refractivity contribution in [3.8, 4) is 11.1 Å². The third-order valence-corrected chi connectivity index (χ3v) is 7.20. The van der Waals surface area contributed by atoms with Crippen molar-refractivity contribution in [1.82, 2.24) is 14.5 Å². The summed E-state index contributed by atoms with van der Waals surface area (Å²) in [5, 5.41) is -0.279. The van der Waals surface area contributed by atoms with Crippen LogP contribution in [-0.2, 0) is 32.7 Å². The zero-order chi connectivity index (χ0) is 25.5. The Labute approximate surface area is 199 Å². The van der Waals surface area contributed by atoms with Crippen LogP contribution in [0.3, 0.4) is 0 Å². The maximum Gasteiger partial charge on any atom is 0.259 e. The van der Waals surface area contributed by atoms with Gasteiger partial charge in [-0.3, -0.25) is 14.1 Å². The third kappa shape index (κ3) is 4.91. The number of halogens is 2. The number of hydrogen-bond donors (Lipinski definition) is 1. The number of aromatic nitrogens is 3. The van der Waals surface area contributed by atoms with E-state index in [4.69, 9.17) is 0 Å². The number of aryl methyl sites for hydroxylation is 1. The van der Waals surface area contributed by atoms with Gasteiger partial charge in [-0.2, -0.15) is 4.98 Å². The summed E-state index contributed by atoms with van der Waals surface area (Å²) in [4.78, 5) is 20.5. The zero-order valence-corrected chi connectivity index (χ0v) is 20.0. The van der Waals surface area contributed by atoms with E-state index in [2.05, 4.69) is 9.97 Å². The molecule has 0 aliphatic carbocycles. The topological polar surface area (TPSA) is 128 Å². The first-order valence-corrected chi connectivity index (χ1v) is 13.5. The fourth-order valence-electron chi connectivity index (χ4n) is 3.44. The third-order valence-electron chi connectivity index (χ3n) is 5.10. The van der Waals surface area contributed by atoms with Crippen LogP contribution in [0.5, 0.6) is 0 Å². The van der Waals surface area contributed by atoms with Crippen molar-refractivity contribution < 1.29 is 25.6 Å². The van der Waals surface area contributed by atoms with Gasteiger partial charge in [0.05, 0.1) is 17.0 Å². The lowest BCUT2D eigenvalue weighted by molar-refractivity contribution is 0.514. The van der Waals surface area contributed by atoms with Crippen molar-refractivity contribution in [3.05, 3.63) is 82.3 Å². The molecule has 0 saturated carbocycles. The zero-order valence-electron chi connectivity index (χ0n) is 18.4. The highest BCUT2D eigenvalue weighted by Crippen LogP contribution is 2.29. The maximum atomic E-state index is 15.0. The number of sulfonamides is 1. The first-order valence-electron chi connectivity index (χ1n) is 9.97. The van der Waals surface area contributed by atoms with Crippen LogP contribution < -0.4 is 10.3 Å². The SMILES string of the molecule is Cn1c(=O)c(-c2ccc(NS(=O)(=O)Cc3ccccc3)c(F)c2F)cc2cnc(S(C)(=O)=O)nc21. The summed E-state index contributed by atoms with van der Waals surface area (Å²) < 4.78 is 81.2. The van der Waals surface area contributed by atoms with Gasteiger partial charge < -0.3 is 0 Å². The van der Waals surface area contributed by atoms with Gasteiger partial charge in [-0.25, -0.2) is 30.6 Å². The van der Waals surface area contributed by atoms with Crippen LogP contribution in [0.15, 0.2) is 64.7 Å². The van der Waals surface area contributed by atoms with E-state index in [9.17, 15) is 26.0 Å². The van der Waals surface area contributed by atoms with E-state index in [1.807, 2.05) is 4.72 Å². The standard InChI is InChI=1S/C22H18F2N4O5S2/c1-28-20-14(11-25-22(26-20)34(2,30)31)10-16(21(28)29)15-8-9-17(19(24)18(15)23)27-35(32,33)12-13-6-4-3-5-7-13/h3-11,27H,12H2,1-2H3. The van der Waals surface area contributed by atoms with Gasteiger partial charge in [0.2, 0.25) is 25.0 Å². The molecular formula is C22H18F2N4O5S2. The Morgan fingerprint density at radius 3 is 2.31 bits per heavy atom. The number of anilines is 1. The van der Waals surface area contributed by atoms with Gasteiger partial charge in [-0.15, -0.1) is 0 Å². The molecule has 9 nitrogen and oxygen atoms in total. The lowest BCUT2D eigenvalue weighted by Gasteiger charge is -2.13. The molecule has 4 rings (SSSR count). The lowest BCUT2D eigenvalue weighted by atomic mass is 10.0. The van der Waals surface area contributed by atoms with Gasteiger partial charge in [-0.05, 0) is 23.8 Å². The van der Waals surface area contributed by atoms with Crippen LogP contribution in [-0.4, -0.2) is 37.6 Å². The van der Waals surface area contributed by atoms with Crippen molar-refractivity contribution >= 4 is 36.6 Å². The number of benzene rings is 2. The van der Waals surface area contributed by atoms with Gasteiger partial charge in [0, 0.05) is 30.4 Å². The van der Waals surface area contributed by atoms with Gasteiger partial charge in [0.1, 0.15) is 5.65 Å². The molecule has 0 spiro atoms. The monoisotopic (exact) mass is 520 g/mol. The molecule has 35 heavy (non-hydrogen) atoms. The highest BCUT2D eigenvalue weighted by Gasteiger charge is 2.22. The van der Waals surface area contributed by atoms with E-state index in [1.165, 1.54) is 13.1 Å². The molecule has 0 atom stereocenters. The minimum Gasteiger partial charge on any atom is -0.295 e. The van der Waals surface area contributed by atoms with Crippen molar-refractivity contribution in [1.29, 1.82) is 0 Å². The molecule has 2 aromatic carbocycles. The fourth-order valence-corrected chi connectivity index (χ4v) is 5.13. The number of sulfone groups is 1. The lowest BCUT2D eigenvalue weighted by Crippen LogP contribution is -2.21. The van der Waals surface area contributed by atoms with E-state index >= 15 is 4.39 Å². The molecule has 1 N–H and O–H groups in total. The Morgan fingerprint density at radius 1 is 0.971 bits per heavy atom. The van der Waals surface area contributed by atoms with E-state index < -0.39 is 59.2 Å². The summed E-state index contributed by atoms with van der Waals surface area (Å²) in [6.45, 7) is 0. The first kappa shape index (κ1) is 24.4. The highest BCUT2D eigenvalue weighted by molar-refractivity contribution is 7.92. The predicted octanol–water partition coefficient (Wildman–Crippen LogP) is 2.62. The van der Waals surface area contributed by atoms with Gasteiger partial charge >= 0.3 is 0 Å². The molecule has 0 unspecified atom stereocenters. The molecule has 2 aromatic heterocycles. The second-order valence-electron chi connectivity index (χ2n) is 7.76. The molecule has 13 heteroatoms. The number of fused-ring (bicyclic) bond motifs is 1. The number of rotatable bonds is 6. The smallest absolute Gasteiger partial charge is 0.259 e. The van der Waals surface area contributed by atoms with E-state index in [1.54, 1.807) is 30.3 Å². The molecule has 0 bridgehead atoms. The average Bonchev–Trinajstić information content (AvgIpc) is 2.79. The van der Waals surface area contributed by atoms with Gasteiger partial charge in [0.25, 0.3) is 5.56 Å².